The number of halogens is 1. The molecule has 1 fully saturated rings. The van der Waals surface area contributed by atoms with Gasteiger partial charge in [0, 0.05) is 23.8 Å². The number of hydrogen-bond acceptors (Lipinski definition) is 6. The molecule has 2 rings (SSSR count). The normalized spacial score (nSPS) is 19.8. The van der Waals surface area contributed by atoms with Crippen LogP contribution in [0.25, 0.3) is 0 Å². The van der Waals surface area contributed by atoms with Gasteiger partial charge in [-0.25, -0.2) is 24.0 Å². The van der Waals surface area contributed by atoms with E-state index in [-0.39, 0.29) is 23.4 Å². The Morgan fingerprint density at radius 2 is 2.30 bits per heavy atom. The van der Waals surface area contributed by atoms with Gasteiger partial charge in [-0.2, -0.15) is 0 Å². The minimum atomic E-state index is -3.69. The molecule has 1 atom stereocenters. The van der Waals surface area contributed by atoms with E-state index in [0.29, 0.717) is 11.1 Å². The maximum Gasteiger partial charge on any atom is 0.244 e. The van der Waals surface area contributed by atoms with Crippen molar-refractivity contribution in [1.29, 1.82) is 0 Å². The number of nitrogen functional groups attached to an aromatic ring is 1. The Labute approximate surface area is 126 Å². The number of anilines is 1. The van der Waals surface area contributed by atoms with E-state index in [1.54, 1.807) is 0 Å². The summed E-state index contributed by atoms with van der Waals surface area (Å²) >= 11 is 3.20. The topological polar surface area (TPSA) is 106 Å². The van der Waals surface area contributed by atoms with Crippen LogP contribution in [0.2, 0.25) is 0 Å². The van der Waals surface area contributed by atoms with Crippen molar-refractivity contribution in [2.24, 2.45) is 5.84 Å². The molecule has 112 valence electrons. The highest BCUT2D eigenvalue weighted by Crippen LogP contribution is 2.22. The molecule has 2 heterocycles. The lowest BCUT2D eigenvalue weighted by molar-refractivity contribution is 0.0200. The molecule has 1 aliphatic heterocycles. The van der Waals surface area contributed by atoms with E-state index in [2.05, 4.69) is 31.1 Å². The number of pyridine rings is 1. The van der Waals surface area contributed by atoms with Gasteiger partial charge in [0.1, 0.15) is 4.90 Å². The first kappa shape index (κ1) is 15.6. The van der Waals surface area contributed by atoms with Crippen molar-refractivity contribution >= 4 is 31.8 Å². The van der Waals surface area contributed by atoms with E-state index < -0.39 is 10.0 Å². The van der Waals surface area contributed by atoms with Gasteiger partial charge in [0.25, 0.3) is 0 Å². The Balaban J connectivity index is 2.11. The molecule has 0 saturated carbocycles. The van der Waals surface area contributed by atoms with Gasteiger partial charge in [0.15, 0.2) is 5.82 Å². The number of nitrogens with zero attached hydrogens (tertiary/aromatic N) is 1. The van der Waals surface area contributed by atoms with Gasteiger partial charge in [-0.1, -0.05) is 0 Å². The van der Waals surface area contributed by atoms with Crippen molar-refractivity contribution in [2.45, 2.75) is 30.3 Å². The zero-order chi connectivity index (χ0) is 14.6. The van der Waals surface area contributed by atoms with Crippen LogP contribution in [0.3, 0.4) is 0 Å². The molecule has 0 spiro atoms. The fourth-order valence-corrected chi connectivity index (χ4v) is 3.67. The van der Waals surface area contributed by atoms with Gasteiger partial charge in [0.2, 0.25) is 10.0 Å². The summed E-state index contributed by atoms with van der Waals surface area (Å²) in [5, 5.41) is 0. The summed E-state index contributed by atoms with van der Waals surface area (Å²) in [6.07, 6.45) is 4.34. The van der Waals surface area contributed by atoms with E-state index in [9.17, 15) is 8.42 Å². The zero-order valence-corrected chi connectivity index (χ0v) is 13.2. The van der Waals surface area contributed by atoms with Gasteiger partial charge in [-0.3, -0.25) is 0 Å². The predicted molar refractivity (Wildman–Crippen MR) is 78.5 cm³/mol. The second-order valence-electron chi connectivity index (χ2n) is 4.49. The van der Waals surface area contributed by atoms with E-state index in [1.807, 2.05) is 0 Å². The van der Waals surface area contributed by atoms with Crippen LogP contribution in [-0.4, -0.2) is 32.7 Å². The standard InChI is InChI=1S/C11H17BrN4O3S/c12-8-5-10(11(16-13)14-6-8)20(17,18)15-7-9-3-1-2-4-19-9/h5-6,9,15H,1-4,7,13H2,(H,14,16). The molecule has 0 aromatic carbocycles. The maximum absolute atomic E-state index is 12.3. The van der Waals surface area contributed by atoms with Crippen molar-refractivity contribution in [3.8, 4) is 0 Å². The summed E-state index contributed by atoms with van der Waals surface area (Å²) in [6.45, 7) is 0.930. The highest BCUT2D eigenvalue weighted by atomic mass is 79.9. The van der Waals surface area contributed by atoms with Crippen LogP contribution in [0.4, 0.5) is 5.82 Å². The molecule has 20 heavy (non-hydrogen) atoms. The lowest BCUT2D eigenvalue weighted by atomic mass is 10.1. The number of aromatic nitrogens is 1. The van der Waals surface area contributed by atoms with Crippen LogP contribution in [0.5, 0.6) is 0 Å². The van der Waals surface area contributed by atoms with Crippen molar-refractivity contribution in [2.75, 3.05) is 18.6 Å². The molecule has 1 unspecified atom stereocenters. The molecule has 1 saturated heterocycles. The fourth-order valence-electron chi connectivity index (χ4n) is 1.98. The number of hydrazine groups is 1. The quantitative estimate of drug-likeness (QED) is 0.531. The minimum Gasteiger partial charge on any atom is -0.377 e. The van der Waals surface area contributed by atoms with Gasteiger partial charge in [0.05, 0.1) is 6.10 Å². The summed E-state index contributed by atoms with van der Waals surface area (Å²) in [5.41, 5.74) is 2.28. The summed E-state index contributed by atoms with van der Waals surface area (Å²) < 4.78 is 33.2. The summed E-state index contributed by atoms with van der Waals surface area (Å²) in [6, 6.07) is 1.45. The molecule has 7 nitrogen and oxygen atoms in total. The molecule has 1 aliphatic rings. The summed E-state index contributed by atoms with van der Waals surface area (Å²) in [4.78, 5) is 3.93. The molecule has 1 aromatic heterocycles. The first-order valence-corrected chi connectivity index (χ1v) is 8.54. The molecule has 9 heteroatoms. The maximum atomic E-state index is 12.3. The molecule has 0 amide bonds. The average Bonchev–Trinajstić information content (AvgIpc) is 2.46. The van der Waals surface area contributed by atoms with Gasteiger partial charge in [-0.05, 0) is 41.3 Å². The van der Waals surface area contributed by atoms with Crippen LogP contribution in [0.15, 0.2) is 21.6 Å². The van der Waals surface area contributed by atoms with Crippen LogP contribution in [0.1, 0.15) is 19.3 Å². The number of sulfonamides is 1. The molecule has 0 radical (unpaired) electrons. The lowest BCUT2D eigenvalue weighted by Crippen LogP contribution is -2.36. The third-order valence-corrected chi connectivity index (χ3v) is 4.89. The molecule has 4 N–H and O–H groups in total. The van der Waals surface area contributed by atoms with Gasteiger partial charge < -0.3 is 10.2 Å². The Hall–Kier alpha value is -0.740. The monoisotopic (exact) mass is 364 g/mol. The molecule has 0 aliphatic carbocycles. The number of ether oxygens (including phenoxy) is 1. The highest BCUT2D eigenvalue weighted by Gasteiger charge is 2.22. The summed E-state index contributed by atoms with van der Waals surface area (Å²) in [5.74, 6) is 5.39. The SMILES string of the molecule is NNc1ncc(Br)cc1S(=O)(=O)NCC1CCCCO1. The van der Waals surface area contributed by atoms with Crippen molar-refractivity contribution < 1.29 is 13.2 Å². The van der Waals surface area contributed by atoms with E-state index in [0.717, 1.165) is 19.3 Å². The van der Waals surface area contributed by atoms with Crippen LogP contribution in [0, 0.1) is 0 Å². The number of rotatable bonds is 5. The van der Waals surface area contributed by atoms with Crippen LogP contribution >= 0.6 is 15.9 Å². The largest absolute Gasteiger partial charge is 0.377 e. The molecule has 0 bridgehead atoms. The average molecular weight is 365 g/mol. The third kappa shape index (κ3) is 3.89. The first-order valence-electron chi connectivity index (χ1n) is 6.26. The van der Waals surface area contributed by atoms with Crippen molar-refractivity contribution in [1.82, 2.24) is 9.71 Å². The molecular formula is C11H17BrN4O3S. The van der Waals surface area contributed by atoms with Crippen molar-refractivity contribution in [3.63, 3.8) is 0 Å². The Bertz CT molecular complexity index is 561. The molecule has 1 aromatic rings. The highest BCUT2D eigenvalue weighted by molar-refractivity contribution is 9.10. The zero-order valence-electron chi connectivity index (χ0n) is 10.8. The van der Waals surface area contributed by atoms with E-state index in [4.69, 9.17) is 10.6 Å². The number of hydrogen-bond donors (Lipinski definition) is 3. The van der Waals surface area contributed by atoms with E-state index >= 15 is 0 Å². The van der Waals surface area contributed by atoms with Crippen LogP contribution in [-0.2, 0) is 14.8 Å². The second-order valence-corrected chi connectivity index (χ2v) is 7.14. The minimum absolute atomic E-state index is 0.00480. The Morgan fingerprint density at radius 1 is 1.50 bits per heavy atom. The van der Waals surface area contributed by atoms with Crippen molar-refractivity contribution in [3.05, 3.63) is 16.7 Å². The lowest BCUT2D eigenvalue weighted by Gasteiger charge is -2.22. The van der Waals surface area contributed by atoms with Gasteiger partial charge >= 0.3 is 0 Å². The molecular weight excluding hydrogens is 348 g/mol. The summed E-state index contributed by atoms with van der Waals surface area (Å²) in [7, 11) is -3.69. The first-order chi connectivity index (χ1) is 9.53. The van der Waals surface area contributed by atoms with Gasteiger partial charge in [-0.15, -0.1) is 0 Å². The third-order valence-electron chi connectivity index (χ3n) is 3.02. The van der Waals surface area contributed by atoms with Crippen LogP contribution < -0.4 is 16.0 Å². The Morgan fingerprint density at radius 3 is 2.95 bits per heavy atom. The Kier molecular flexibility index (Phi) is 5.33. The predicted octanol–water partition coefficient (Wildman–Crippen LogP) is 0.977. The van der Waals surface area contributed by atoms with E-state index in [1.165, 1.54) is 12.3 Å². The smallest absolute Gasteiger partial charge is 0.244 e. The second kappa shape index (κ2) is 6.81. The number of nitrogens with one attached hydrogen (secondary N) is 2. The number of nitrogens with two attached hydrogens (primary N) is 1. The fraction of sp³-hybridized carbons (Fsp3) is 0.545.